The van der Waals surface area contributed by atoms with Crippen LogP contribution in [-0.2, 0) is 11.2 Å². The first-order chi connectivity index (χ1) is 14.2. The smallest absolute Gasteiger partial charge is 0.231 e. The summed E-state index contributed by atoms with van der Waals surface area (Å²) in [5.74, 6) is 1.10. The fourth-order valence-corrected chi connectivity index (χ4v) is 3.68. The van der Waals surface area contributed by atoms with E-state index in [4.69, 9.17) is 4.52 Å². The summed E-state index contributed by atoms with van der Waals surface area (Å²) in [7, 11) is 0. The van der Waals surface area contributed by atoms with Gasteiger partial charge in [0.25, 0.3) is 0 Å². The molecule has 0 bridgehead atoms. The Morgan fingerprint density at radius 3 is 2.34 bits per heavy atom. The minimum absolute atomic E-state index is 0.0823. The third-order valence-corrected chi connectivity index (χ3v) is 5.19. The van der Waals surface area contributed by atoms with Crippen LogP contribution >= 0.6 is 0 Å². The van der Waals surface area contributed by atoms with Gasteiger partial charge < -0.3 is 14.7 Å². The molecular weight excluding hydrogens is 364 g/mol. The van der Waals surface area contributed by atoms with Gasteiger partial charge in [-0.25, -0.2) is 0 Å². The van der Waals surface area contributed by atoms with Gasteiger partial charge in [0.2, 0.25) is 17.6 Å². The second-order valence-electron chi connectivity index (χ2n) is 7.51. The molecule has 0 unspecified atom stereocenters. The van der Waals surface area contributed by atoms with Crippen molar-refractivity contribution in [1.29, 1.82) is 0 Å². The van der Waals surface area contributed by atoms with Crippen molar-refractivity contribution in [2.75, 3.05) is 23.3 Å². The van der Waals surface area contributed by atoms with Gasteiger partial charge in [-0.3, -0.25) is 4.79 Å². The summed E-state index contributed by atoms with van der Waals surface area (Å²) >= 11 is 0. The third kappa shape index (κ3) is 5.02. The fourth-order valence-electron chi connectivity index (χ4n) is 3.68. The lowest BCUT2D eigenvalue weighted by molar-refractivity contribution is -0.114. The maximum absolute atomic E-state index is 11.1. The molecule has 150 valence electrons. The van der Waals surface area contributed by atoms with E-state index in [1.54, 1.807) is 0 Å². The van der Waals surface area contributed by atoms with E-state index in [0.717, 1.165) is 29.9 Å². The molecule has 6 heteroatoms. The van der Waals surface area contributed by atoms with Crippen LogP contribution in [0.4, 0.5) is 11.4 Å². The molecule has 1 saturated heterocycles. The molecule has 1 amide bonds. The number of carbonyl (C=O) groups excluding carboxylic acids is 1. The molecule has 0 radical (unpaired) electrons. The zero-order valence-electron chi connectivity index (χ0n) is 16.7. The summed E-state index contributed by atoms with van der Waals surface area (Å²) in [5, 5.41) is 6.90. The van der Waals surface area contributed by atoms with Crippen molar-refractivity contribution in [3.8, 4) is 11.4 Å². The highest BCUT2D eigenvalue weighted by Gasteiger charge is 2.12. The van der Waals surface area contributed by atoms with Crippen LogP contribution in [0.25, 0.3) is 11.4 Å². The highest BCUT2D eigenvalue weighted by atomic mass is 16.5. The number of hydrogen-bond donors (Lipinski definition) is 1. The number of nitrogens with zero attached hydrogens (tertiary/aromatic N) is 3. The van der Waals surface area contributed by atoms with E-state index in [1.807, 2.05) is 24.3 Å². The summed E-state index contributed by atoms with van der Waals surface area (Å²) in [5.41, 5.74) is 4.04. The van der Waals surface area contributed by atoms with E-state index in [-0.39, 0.29) is 5.91 Å². The number of nitrogens with one attached hydrogen (secondary N) is 1. The van der Waals surface area contributed by atoms with Gasteiger partial charge in [0, 0.05) is 37.0 Å². The predicted octanol–water partition coefficient (Wildman–Crippen LogP) is 4.67. The molecule has 1 fully saturated rings. The van der Waals surface area contributed by atoms with Crippen molar-refractivity contribution in [3.63, 3.8) is 0 Å². The van der Waals surface area contributed by atoms with Crippen molar-refractivity contribution in [2.24, 2.45) is 0 Å². The monoisotopic (exact) mass is 390 g/mol. The van der Waals surface area contributed by atoms with E-state index in [1.165, 1.54) is 38.3 Å². The van der Waals surface area contributed by atoms with Crippen molar-refractivity contribution < 1.29 is 9.32 Å². The molecule has 2 heterocycles. The molecule has 1 aliphatic rings. The lowest BCUT2D eigenvalue weighted by atomic mass is 10.1. The molecule has 29 heavy (non-hydrogen) atoms. The van der Waals surface area contributed by atoms with Gasteiger partial charge in [-0.05, 0) is 54.8 Å². The lowest BCUT2D eigenvalue weighted by Crippen LogP contribution is -2.23. The maximum atomic E-state index is 11.1. The number of benzene rings is 2. The van der Waals surface area contributed by atoms with Gasteiger partial charge in [0.15, 0.2) is 0 Å². The second kappa shape index (κ2) is 8.90. The van der Waals surface area contributed by atoms with Gasteiger partial charge in [-0.2, -0.15) is 4.98 Å². The molecule has 1 N–H and O–H groups in total. The van der Waals surface area contributed by atoms with Crippen LogP contribution in [0.3, 0.4) is 0 Å². The summed E-state index contributed by atoms with van der Waals surface area (Å²) in [6.07, 6.45) is 5.75. The summed E-state index contributed by atoms with van der Waals surface area (Å²) in [6, 6.07) is 16.1. The Morgan fingerprint density at radius 2 is 1.69 bits per heavy atom. The zero-order valence-corrected chi connectivity index (χ0v) is 16.7. The Morgan fingerprint density at radius 1 is 1.00 bits per heavy atom. The van der Waals surface area contributed by atoms with Crippen LogP contribution in [0, 0.1) is 0 Å². The second-order valence-corrected chi connectivity index (χ2v) is 7.51. The predicted molar refractivity (Wildman–Crippen MR) is 114 cm³/mol. The number of carbonyl (C=O) groups is 1. The van der Waals surface area contributed by atoms with Gasteiger partial charge >= 0.3 is 0 Å². The zero-order chi connectivity index (χ0) is 20.1. The summed E-state index contributed by atoms with van der Waals surface area (Å²) in [6.45, 7) is 3.76. The first kappa shape index (κ1) is 19.2. The van der Waals surface area contributed by atoms with Gasteiger partial charge in [0.05, 0.1) is 6.42 Å². The average Bonchev–Trinajstić information content (AvgIpc) is 3.01. The van der Waals surface area contributed by atoms with Crippen LogP contribution in [-0.4, -0.2) is 29.1 Å². The van der Waals surface area contributed by atoms with E-state index in [2.05, 4.69) is 44.6 Å². The van der Waals surface area contributed by atoms with Gasteiger partial charge in [-0.1, -0.05) is 30.1 Å². The number of aromatic nitrogens is 2. The number of amides is 1. The normalized spacial score (nSPS) is 14.4. The Balaban J connectivity index is 1.41. The number of anilines is 2. The Hall–Kier alpha value is -3.15. The minimum Gasteiger partial charge on any atom is -0.372 e. The molecular formula is C23H26N4O2. The molecule has 0 saturated carbocycles. The van der Waals surface area contributed by atoms with Crippen molar-refractivity contribution in [3.05, 3.63) is 60.0 Å². The molecule has 2 aromatic carbocycles. The first-order valence-corrected chi connectivity index (χ1v) is 10.2. The van der Waals surface area contributed by atoms with Gasteiger partial charge in [0.1, 0.15) is 0 Å². The number of rotatable bonds is 5. The molecule has 4 rings (SSSR count). The standard InChI is InChI=1S/C23H26N4O2/c1-17(28)24-20-10-6-18(7-11-20)16-22-25-23(26-29-22)19-8-12-21(13-9-19)27-14-4-2-3-5-15-27/h6-13H,2-5,14-16H2,1H3,(H,24,28). The lowest BCUT2D eigenvalue weighted by Gasteiger charge is -2.22. The quantitative estimate of drug-likeness (QED) is 0.686. The average molecular weight is 390 g/mol. The van der Waals surface area contributed by atoms with Crippen molar-refractivity contribution in [2.45, 2.75) is 39.0 Å². The molecule has 6 nitrogen and oxygen atoms in total. The van der Waals surface area contributed by atoms with Crippen LogP contribution in [0.5, 0.6) is 0 Å². The SMILES string of the molecule is CC(=O)Nc1ccc(Cc2nc(-c3ccc(N4CCCCCC4)cc3)no2)cc1. The minimum atomic E-state index is -0.0823. The molecule has 1 aromatic heterocycles. The number of hydrogen-bond acceptors (Lipinski definition) is 5. The molecule has 0 spiro atoms. The summed E-state index contributed by atoms with van der Waals surface area (Å²) < 4.78 is 5.44. The largest absolute Gasteiger partial charge is 0.372 e. The topological polar surface area (TPSA) is 71.3 Å². The Bertz CT molecular complexity index is 940. The van der Waals surface area contributed by atoms with Crippen LogP contribution in [0.2, 0.25) is 0 Å². The third-order valence-electron chi connectivity index (χ3n) is 5.19. The van der Waals surface area contributed by atoms with Crippen molar-refractivity contribution >= 4 is 17.3 Å². The van der Waals surface area contributed by atoms with E-state index in [0.29, 0.717) is 18.1 Å². The van der Waals surface area contributed by atoms with E-state index >= 15 is 0 Å². The van der Waals surface area contributed by atoms with Crippen LogP contribution < -0.4 is 10.2 Å². The Labute approximate surface area is 170 Å². The highest BCUT2D eigenvalue weighted by molar-refractivity contribution is 5.88. The van der Waals surface area contributed by atoms with Crippen molar-refractivity contribution in [1.82, 2.24) is 10.1 Å². The molecule has 0 atom stereocenters. The Kier molecular flexibility index (Phi) is 5.89. The summed E-state index contributed by atoms with van der Waals surface area (Å²) in [4.78, 5) is 18.1. The first-order valence-electron chi connectivity index (χ1n) is 10.2. The van der Waals surface area contributed by atoms with E-state index < -0.39 is 0 Å². The van der Waals surface area contributed by atoms with Gasteiger partial charge in [-0.15, -0.1) is 0 Å². The molecule has 1 aliphatic heterocycles. The maximum Gasteiger partial charge on any atom is 0.231 e. The van der Waals surface area contributed by atoms with E-state index in [9.17, 15) is 4.79 Å². The molecule has 3 aromatic rings. The highest BCUT2D eigenvalue weighted by Crippen LogP contribution is 2.24. The fraction of sp³-hybridized carbons (Fsp3) is 0.348. The van der Waals surface area contributed by atoms with Crippen LogP contribution in [0.15, 0.2) is 53.1 Å². The molecule has 0 aliphatic carbocycles. The van der Waals surface area contributed by atoms with Crippen LogP contribution in [0.1, 0.15) is 44.1 Å².